The number of carbonyl (C=O) groups excluding carboxylic acids is 1. The smallest absolute Gasteiger partial charge is 0.381 e. The number of nitrogens with one attached hydrogen (secondary N) is 2. The Morgan fingerprint density at radius 3 is 2.85 bits per heavy atom. The Morgan fingerprint density at radius 2 is 2.05 bits per heavy atom. The maximum absolute atomic E-state index is 13.7. The van der Waals surface area contributed by atoms with E-state index in [4.69, 9.17) is 4.74 Å². The lowest BCUT2D eigenvalue weighted by molar-refractivity contribution is -0.135. The van der Waals surface area contributed by atoms with Gasteiger partial charge in [-0.15, -0.1) is 0 Å². The van der Waals surface area contributed by atoms with Crippen LogP contribution in [-0.4, -0.2) is 39.7 Å². The number of carbonyl (C=O) groups is 1. The lowest BCUT2D eigenvalue weighted by atomic mass is 9.94. The zero-order chi connectivity index (χ0) is 27.1. The number of ether oxygens (including phenoxy) is 1. The number of rotatable bonds is 7. The van der Waals surface area contributed by atoms with Crippen LogP contribution in [0.4, 0.5) is 29.1 Å². The molecule has 5 heterocycles. The molecule has 2 aliphatic heterocycles. The fourth-order valence-electron chi connectivity index (χ4n) is 5.37. The highest BCUT2D eigenvalue weighted by atomic mass is 19.4. The lowest BCUT2D eigenvalue weighted by Gasteiger charge is -2.17. The summed E-state index contributed by atoms with van der Waals surface area (Å²) in [5.41, 5.74) is 5.22. The normalized spacial score (nSPS) is 17.0. The maximum Gasteiger partial charge on any atom is 0.389 e. The number of fused-ring (bicyclic) bond motifs is 2. The van der Waals surface area contributed by atoms with Gasteiger partial charge in [0.05, 0.1) is 29.7 Å². The third kappa shape index (κ3) is 5.06. The Kier molecular flexibility index (Phi) is 6.46. The molecule has 1 amide bonds. The van der Waals surface area contributed by atoms with E-state index in [1.54, 1.807) is 28.9 Å². The summed E-state index contributed by atoms with van der Waals surface area (Å²) in [6.45, 7) is 1.44. The van der Waals surface area contributed by atoms with Crippen LogP contribution in [0.5, 0.6) is 0 Å². The molecule has 2 aliphatic rings. The Labute approximate surface area is 221 Å². The third-order valence-electron chi connectivity index (χ3n) is 7.23. The highest BCUT2D eigenvalue weighted by Crippen LogP contribution is 2.36. The average molecular weight is 540 g/mol. The van der Waals surface area contributed by atoms with E-state index in [0.29, 0.717) is 48.2 Å². The first-order valence-electron chi connectivity index (χ1n) is 12.8. The molecular formula is C28H25F4N5O2. The van der Waals surface area contributed by atoms with Crippen LogP contribution in [0.25, 0.3) is 16.9 Å². The number of alkyl halides is 3. The Bertz CT molecular complexity index is 1560. The summed E-state index contributed by atoms with van der Waals surface area (Å²) in [7, 11) is 0. The van der Waals surface area contributed by atoms with Gasteiger partial charge in [-0.25, -0.2) is 14.4 Å². The van der Waals surface area contributed by atoms with Crippen molar-refractivity contribution in [3.63, 3.8) is 0 Å². The number of imidazole rings is 1. The molecule has 2 N–H and O–H groups in total. The van der Waals surface area contributed by atoms with Gasteiger partial charge < -0.3 is 15.4 Å². The highest BCUT2D eigenvalue weighted by molar-refractivity contribution is 6.06. The van der Waals surface area contributed by atoms with E-state index in [2.05, 4.69) is 20.6 Å². The van der Waals surface area contributed by atoms with Crippen LogP contribution in [0.1, 0.15) is 52.4 Å². The van der Waals surface area contributed by atoms with Gasteiger partial charge in [0.25, 0.3) is 5.91 Å². The molecule has 3 aromatic heterocycles. The molecule has 11 heteroatoms. The van der Waals surface area contributed by atoms with Crippen LogP contribution in [0.2, 0.25) is 0 Å². The number of aromatic nitrogens is 3. The minimum atomic E-state index is -4.23. The van der Waals surface area contributed by atoms with Crippen LogP contribution >= 0.6 is 0 Å². The molecule has 1 saturated heterocycles. The fourth-order valence-corrected chi connectivity index (χ4v) is 5.37. The highest BCUT2D eigenvalue weighted by Gasteiger charge is 2.29. The second-order valence-corrected chi connectivity index (χ2v) is 9.80. The van der Waals surface area contributed by atoms with Crippen molar-refractivity contribution in [2.75, 3.05) is 18.5 Å². The predicted molar refractivity (Wildman–Crippen MR) is 136 cm³/mol. The van der Waals surface area contributed by atoms with Crippen molar-refractivity contribution in [2.45, 2.75) is 44.3 Å². The number of hydrogen-bond donors (Lipinski definition) is 2. The van der Waals surface area contributed by atoms with Gasteiger partial charge in [0.2, 0.25) is 0 Å². The monoisotopic (exact) mass is 539 g/mol. The first kappa shape index (κ1) is 25.3. The van der Waals surface area contributed by atoms with Gasteiger partial charge in [-0.3, -0.25) is 9.20 Å². The van der Waals surface area contributed by atoms with Gasteiger partial charge in [-0.2, -0.15) is 13.2 Å². The van der Waals surface area contributed by atoms with Crippen molar-refractivity contribution in [1.82, 2.24) is 19.7 Å². The first-order chi connectivity index (χ1) is 18.8. The summed E-state index contributed by atoms with van der Waals surface area (Å²) in [5.74, 6) is -0.0994. The molecule has 0 spiro atoms. The van der Waals surface area contributed by atoms with Gasteiger partial charge >= 0.3 is 6.18 Å². The molecule has 0 bridgehead atoms. The molecule has 1 atom stereocenters. The van der Waals surface area contributed by atoms with Crippen molar-refractivity contribution in [3.8, 4) is 11.3 Å². The van der Waals surface area contributed by atoms with Gasteiger partial charge in [0.1, 0.15) is 17.3 Å². The first-order valence-corrected chi connectivity index (χ1v) is 12.8. The number of halogens is 4. The number of hydrogen-bond acceptors (Lipinski definition) is 5. The summed E-state index contributed by atoms with van der Waals surface area (Å²) in [5, 5.41) is 6.08. The summed E-state index contributed by atoms with van der Waals surface area (Å²) >= 11 is 0. The minimum Gasteiger partial charge on any atom is -0.381 e. The second-order valence-electron chi connectivity index (χ2n) is 9.80. The van der Waals surface area contributed by atoms with Crippen molar-refractivity contribution in [3.05, 3.63) is 77.0 Å². The SMILES string of the molecule is O=C1NCc2c(-c3cnc4cc(F)ccn34)ccc(Nc3ccc([C@@H]4CCOC4)c(CCCC(F)(F)F)n3)c21. The number of nitrogens with zero attached hydrogens (tertiary/aromatic N) is 3. The molecule has 1 fully saturated rings. The topological polar surface area (TPSA) is 80.6 Å². The molecule has 4 aromatic rings. The van der Waals surface area contributed by atoms with E-state index < -0.39 is 18.4 Å². The Balaban J connectivity index is 1.33. The van der Waals surface area contributed by atoms with Crippen molar-refractivity contribution >= 4 is 23.1 Å². The standard InChI is InChI=1S/C28H25F4N5O2/c29-17-7-10-37-23(14-33-25(37)12-17)19-3-5-22(26-20(19)13-34-27(26)38)36-24-6-4-18(16-8-11-39-15-16)21(35-24)2-1-9-28(30,31)32/h3-7,10,12,14,16H,1-2,8-9,11,13,15H2,(H,34,38)(H,35,36)/t16-/m1/s1. The van der Waals surface area contributed by atoms with E-state index in [9.17, 15) is 22.4 Å². The Hall–Kier alpha value is -3.99. The summed E-state index contributed by atoms with van der Waals surface area (Å²) in [4.78, 5) is 21.9. The van der Waals surface area contributed by atoms with Crippen LogP contribution in [0, 0.1) is 5.82 Å². The number of benzene rings is 1. The van der Waals surface area contributed by atoms with E-state index >= 15 is 0 Å². The molecular weight excluding hydrogens is 514 g/mol. The van der Waals surface area contributed by atoms with Crippen LogP contribution in [0.3, 0.4) is 0 Å². The lowest BCUT2D eigenvalue weighted by Crippen LogP contribution is -2.14. The number of aryl methyl sites for hydroxylation is 1. The fraction of sp³-hybridized carbons (Fsp3) is 0.321. The van der Waals surface area contributed by atoms with Gasteiger partial charge in [0, 0.05) is 49.0 Å². The van der Waals surface area contributed by atoms with Gasteiger partial charge in [0.15, 0.2) is 0 Å². The average Bonchev–Trinajstić information content (AvgIpc) is 3.64. The van der Waals surface area contributed by atoms with E-state index in [0.717, 1.165) is 28.8 Å². The number of pyridine rings is 2. The summed E-state index contributed by atoms with van der Waals surface area (Å²) < 4.78 is 59.4. The molecule has 202 valence electrons. The minimum absolute atomic E-state index is 0.0593. The maximum atomic E-state index is 13.7. The molecule has 0 aliphatic carbocycles. The molecule has 0 radical (unpaired) electrons. The Morgan fingerprint density at radius 1 is 1.18 bits per heavy atom. The van der Waals surface area contributed by atoms with Crippen molar-refractivity contribution in [2.24, 2.45) is 0 Å². The quantitative estimate of drug-likeness (QED) is 0.286. The number of amides is 1. The van der Waals surface area contributed by atoms with Crippen LogP contribution in [0.15, 0.2) is 48.8 Å². The summed E-state index contributed by atoms with van der Waals surface area (Å²) in [6, 6.07) is 9.99. The number of anilines is 2. The van der Waals surface area contributed by atoms with Crippen molar-refractivity contribution in [1.29, 1.82) is 0 Å². The van der Waals surface area contributed by atoms with E-state index in [-0.39, 0.29) is 24.7 Å². The van der Waals surface area contributed by atoms with Gasteiger partial charge in [-0.05, 0) is 48.6 Å². The molecule has 39 heavy (non-hydrogen) atoms. The van der Waals surface area contributed by atoms with Crippen LogP contribution < -0.4 is 10.6 Å². The van der Waals surface area contributed by atoms with Crippen LogP contribution in [-0.2, 0) is 17.7 Å². The van der Waals surface area contributed by atoms with Crippen molar-refractivity contribution < 1.29 is 27.1 Å². The molecule has 6 rings (SSSR count). The zero-order valence-corrected chi connectivity index (χ0v) is 20.8. The molecule has 0 saturated carbocycles. The largest absolute Gasteiger partial charge is 0.389 e. The second kappa shape index (κ2) is 9.96. The van der Waals surface area contributed by atoms with E-state index in [1.807, 2.05) is 12.1 Å². The zero-order valence-electron chi connectivity index (χ0n) is 20.8. The van der Waals surface area contributed by atoms with Gasteiger partial charge in [-0.1, -0.05) is 12.1 Å². The summed E-state index contributed by atoms with van der Waals surface area (Å²) in [6.07, 6.45) is -0.943. The van der Waals surface area contributed by atoms with E-state index in [1.165, 1.54) is 12.1 Å². The molecule has 1 aromatic carbocycles. The third-order valence-corrected chi connectivity index (χ3v) is 7.23. The molecule has 0 unspecified atom stereocenters. The molecule has 7 nitrogen and oxygen atoms in total. The predicted octanol–water partition coefficient (Wildman–Crippen LogP) is 5.91.